The third-order valence-corrected chi connectivity index (χ3v) is 7.97. The molecule has 2 unspecified atom stereocenters. The Kier molecular flexibility index (Phi) is 4.99. The lowest BCUT2D eigenvalue weighted by atomic mass is 9.52. The number of aromatic nitrogens is 3. The highest BCUT2D eigenvalue weighted by molar-refractivity contribution is 6.36. The van der Waals surface area contributed by atoms with Gasteiger partial charge in [-0.05, 0) is 62.8 Å². The summed E-state index contributed by atoms with van der Waals surface area (Å²) < 4.78 is 42.7. The molecule has 2 aromatic heterocycles. The summed E-state index contributed by atoms with van der Waals surface area (Å²) in [6, 6.07) is 0.709. The summed E-state index contributed by atoms with van der Waals surface area (Å²) in [7, 11) is 1.58. The summed E-state index contributed by atoms with van der Waals surface area (Å²) in [6.07, 6.45) is 0.231. The first-order chi connectivity index (χ1) is 15.4. The number of alkyl halides is 3. The Morgan fingerprint density at radius 3 is 2.45 bits per heavy atom. The molecule has 2 heterocycles. The van der Waals surface area contributed by atoms with Crippen molar-refractivity contribution in [3.8, 4) is 0 Å². The molecule has 0 aliphatic heterocycles. The van der Waals surface area contributed by atoms with Gasteiger partial charge in [-0.25, -0.2) is 4.98 Å². The minimum Gasteiger partial charge on any atom is -0.390 e. The molecule has 4 saturated carbocycles. The number of aryl methyl sites for hydroxylation is 1. The van der Waals surface area contributed by atoms with Gasteiger partial charge in [-0.1, -0.05) is 11.6 Å². The maximum Gasteiger partial charge on any atom is 0.416 e. The van der Waals surface area contributed by atoms with E-state index in [4.69, 9.17) is 17.3 Å². The Morgan fingerprint density at radius 2 is 1.94 bits per heavy atom. The number of hydrogen-bond acceptors (Lipinski definition) is 5. The van der Waals surface area contributed by atoms with Gasteiger partial charge in [0.25, 0.3) is 5.91 Å². The zero-order valence-electron chi connectivity index (χ0n) is 18.2. The van der Waals surface area contributed by atoms with Gasteiger partial charge < -0.3 is 15.7 Å². The van der Waals surface area contributed by atoms with Gasteiger partial charge in [-0.15, -0.1) is 0 Å². The van der Waals surface area contributed by atoms with Crippen LogP contribution >= 0.6 is 11.6 Å². The second-order valence-corrected chi connectivity index (χ2v) is 10.2. The second-order valence-electron chi connectivity index (χ2n) is 9.83. The second kappa shape index (κ2) is 7.33. The van der Waals surface area contributed by atoms with Crippen molar-refractivity contribution in [1.29, 1.82) is 0 Å². The van der Waals surface area contributed by atoms with E-state index in [-0.39, 0.29) is 45.8 Å². The fourth-order valence-electron chi connectivity index (χ4n) is 6.74. The fraction of sp³-hybridized carbons (Fsp3) is 0.591. The van der Waals surface area contributed by atoms with Gasteiger partial charge in [0.15, 0.2) is 11.5 Å². The number of amides is 1. The van der Waals surface area contributed by atoms with Crippen LogP contribution in [-0.2, 0) is 13.2 Å². The number of pyridine rings is 1. The van der Waals surface area contributed by atoms with Crippen LogP contribution in [0.15, 0.2) is 12.3 Å². The van der Waals surface area contributed by atoms with Gasteiger partial charge in [0.2, 0.25) is 0 Å². The highest BCUT2D eigenvalue weighted by Crippen LogP contribution is 2.59. The maximum atomic E-state index is 13.8. The van der Waals surface area contributed by atoms with E-state index in [1.807, 2.05) is 0 Å². The molecule has 0 spiro atoms. The number of hydrogen-bond donors (Lipinski definition) is 2. The molecule has 0 saturated heterocycles. The van der Waals surface area contributed by atoms with E-state index in [0.717, 1.165) is 31.5 Å². The largest absolute Gasteiger partial charge is 0.416 e. The van der Waals surface area contributed by atoms with Crippen LogP contribution in [0, 0.1) is 24.7 Å². The van der Waals surface area contributed by atoms with Crippen LogP contribution in [0.2, 0.25) is 5.02 Å². The topological polar surface area (TPSA) is 97.3 Å². The molecular weight excluding hydrogens is 459 g/mol. The Balaban J connectivity index is 1.72. The molecule has 3 N–H and O–H groups in total. The molecule has 0 radical (unpaired) electrons. The molecule has 7 nitrogen and oxygen atoms in total. The van der Waals surface area contributed by atoms with E-state index in [0.29, 0.717) is 18.8 Å². The number of carbonyl (C=O) groups is 1. The fourth-order valence-corrected chi connectivity index (χ4v) is 7.09. The molecule has 178 valence electrons. The summed E-state index contributed by atoms with van der Waals surface area (Å²) >= 11 is 6.57. The van der Waals surface area contributed by atoms with Crippen LogP contribution in [0.25, 0.3) is 0 Å². The molecule has 4 aliphatic carbocycles. The lowest BCUT2D eigenvalue weighted by Crippen LogP contribution is -2.61. The lowest BCUT2D eigenvalue weighted by molar-refractivity contribution is -0.138. The molecule has 11 heteroatoms. The van der Waals surface area contributed by atoms with Crippen molar-refractivity contribution in [3.63, 3.8) is 0 Å². The first kappa shape index (κ1) is 22.5. The number of rotatable bonds is 4. The van der Waals surface area contributed by atoms with Crippen LogP contribution in [0.4, 0.5) is 24.8 Å². The summed E-state index contributed by atoms with van der Waals surface area (Å²) in [5, 5.41) is 15.2. The molecule has 1 amide bonds. The monoisotopic (exact) mass is 483 g/mol. The molecule has 2 aromatic rings. The summed E-state index contributed by atoms with van der Waals surface area (Å²) in [5.41, 5.74) is 3.75. The highest BCUT2D eigenvalue weighted by atomic mass is 35.5. The Bertz CT molecular complexity index is 1120. The Labute approximate surface area is 193 Å². The smallest absolute Gasteiger partial charge is 0.390 e. The SMILES string of the molecule is Cc1c(C(F)(F)F)ccnc1N(c1c(Cl)c(C(N)=O)nn1C)C1C2CC3CC1CC(O)(C3)C2. The van der Waals surface area contributed by atoms with Crippen LogP contribution < -0.4 is 10.6 Å². The molecule has 6 rings (SSSR count). The number of carbonyl (C=O) groups excluding carboxylic acids is 1. The van der Waals surface area contributed by atoms with Crippen LogP contribution in [0.3, 0.4) is 0 Å². The van der Waals surface area contributed by atoms with Crippen molar-refractivity contribution in [2.45, 2.75) is 56.8 Å². The van der Waals surface area contributed by atoms with Gasteiger partial charge >= 0.3 is 6.18 Å². The molecular formula is C22H25ClF3N5O2. The molecule has 33 heavy (non-hydrogen) atoms. The van der Waals surface area contributed by atoms with E-state index < -0.39 is 23.2 Å². The van der Waals surface area contributed by atoms with E-state index in [2.05, 4.69) is 10.1 Å². The highest BCUT2D eigenvalue weighted by Gasteiger charge is 2.57. The normalized spacial score (nSPS) is 30.6. The Hall–Kier alpha value is -2.33. The van der Waals surface area contributed by atoms with E-state index in [1.54, 1.807) is 11.9 Å². The van der Waals surface area contributed by atoms with Crippen molar-refractivity contribution in [3.05, 3.63) is 34.1 Å². The van der Waals surface area contributed by atoms with Gasteiger partial charge in [0, 0.05) is 24.8 Å². The van der Waals surface area contributed by atoms with Crippen molar-refractivity contribution >= 4 is 29.1 Å². The quantitative estimate of drug-likeness (QED) is 0.685. The van der Waals surface area contributed by atoms with Crippen molar-refractivity contribution < 1.29 is 23.1 Å². The summed E-state index contributed by atoms with van der Waals surface area (Å²) in [5.74, 6) is 0.0549. The minimum atomic E-state index is -4.55. The van der Waals surface area contributed by atoms with Crippen molar-refractivity contribution in [2.75, 3.05) is 4.90 Å². The first-order valence-corrected chi connectivity index (χ1v) is 11.3. The van der Waals surface area contributed by atoms with Crippen molar-refractivity contribution in [1.82, 2.24) is 14.8 Å². The molecule has 4 fully saturated rings. The minimum absolute atomic E-state index is 0.0175. The van der Waals surface area contributed by atoms with Crippen LogP contribution in [0.5, 0.6) is 0 Å². The standard InChI is InChI=1S/C22H25ClF3N5O2/c1-10-14(22(24,25)26)3-4-28-19(10)31(20-15(23)16(18(27)32)29-30(20)2)17-12-5-11-6-13(17)9-21(33,7-11)8-12/h3-4,11-13,17,33H,5-9H2,1-2H3,(H2,27,32). The van der Waals surface area contributed by atoms with E-state index in [9.17, 15) is 23.1 Å². The third-order valence-electron chi connectivity index (χ3n) is 7.62. The predicted octanol–water partition coefficient (Wildman–Crippen LogP) is 3.97. The summed E-state index contributed by atoms with van der Waals surface area (Å²) in [6.45, 7) is 1.39. The van der Waals surface area contributed by atoms with E-state index in [1.165, 1.54) is 11.6 Å². The molecule has 2 atom stereocenters. The number of halogens is 4. The van der Waals surface area contributed by atoms with Gasteiger partial charge in [0.05, 0.1) is 11.2 Å². The molecule has 4 aliphatic rings. The zero-order chi connectivity index (χ0) is 23.9. The van der Waals surface area contributed by atoms with Gasteiger partial charge in [0.1, 0.15) is 10.8 Å². The zero-order valence-corrected chi connectivity index (χ0v) is 19.0. The number of anilines is 2. The maximum absolute atomic E-state index is 13.8. The number of nitrogens with zero attached hydrogens (tertiary/aromatic N) is 4. The van der Waals surface area contributed by atoms with Gasteiger partial charge in [-0.3, -0.25) is 9.48 Å². The number of aliphatic hydroxyl groups is 1. The van der Waals surface area contributed by atoms with E-state index >= 15 is 0 Å². The molecule has 0 aromatic carbocycles. The Morgan fingerprint density at radius 1 is 1.30 bits per heavy atom. The van der Waals surface area contributed by atoms with Crippen LogP contribution in [0.1, 0.15) is 53.7 Å². The molecule has 4 bridgehead atoms. The lowest BCUT2D eigenvalue weighted by Gasteiger charge is -2.60. The third kappa shape index (κ3) is 3.49. The average Bonchev–Trinajstić information content (AvgIpc) is 2.97. The predicted molar refractivity (Wildman–Crippen MR) is 115 cm³/mol. The average molecular weight is 484 g/mol. The number of primary amides is 1. The summed E-state index contributed by atoms with van der Waals surface area (Å²) in [4.78, 5) is 18.0. The van der Waals surface area contributed by atoms with Crippen molar-refractivity contribution in [2.24, 2.45) is 30.5 Å². The van der Waals surface area contributed by atoms with Gasteiger partial charge in [-0.2, -0.15) is 18.3 Å². The number of nitrogens with two attached hydrogens (primary N) is 1. The first-order valence-electron chi connectivity index (χ1n) is 11.0. The van der Waals surface area contributed by atoms with Crippen LogP contribution in [-0.4, -0.2) is 37.4 Å².